The van der Waals surface area contributed by atoms with E-state index in [4.69, 9.17) is 4.74 Å². The van der Waals surface area contributed by atoms with Crippen molar-refractivity contribution in [3.8, 4) is 5.75 Å². The third kappa shape index (κ3) is 4.82. The number of carbonyl (C=O) groups is 1. The summed E-state index contributed by atoms with van der Waals surface area (Å²) in [5, 5.41) is 9.19. The second-order valence-corrected chi connectivity index (χ2v) is 8.12. The van der Waals surface area contributed by atoms with E-state index < -0.39 is 10.9 Å². The summed E-state index contributed by atoms with van der Waals surface area (Å²) in [5.74, 6) is 0.444. The average molecular weight is 434 g/mol. The number of hydrogen-bond donors (Lipinski definition) is 3. The number of carbonyl (C=O) groups excluding carboxylic acids is 1. The molecule has 1 amide bonds. The van der Waals surface area contributed by atoms with Crippen LogP contribution < -0.4 is 31.5 Å². The van der Waals surface area contributed by atoms with E-state index in [1.165, 1.54) is 6.42 Å². The average Bonchev–Trinajstić information content (AvgIpc) is 2.84. The van der Waals surface area contributed by atoms with Gasteiger partial charge >= 0.3 is 0 Å². The summed E-state index contributed by atoms with van der Waals surface area (Å²) in [4.78, 5) is 36.5. The first kappa shape index (κ1) is 21.6. The van der Waals surface area contributed by atoms with Crippen LogP contribution in [0.2, 0.25) is 0 Å². The zero-order valence-corrected chi connectivity index (χ0v) is 18.1. The quantitative estimate of drug-likeness (QED) is 0.466. The van der Waals surface area contributed by atoms with Crippen LogP contribution in [0.5, 0.6) is 5.75 Å². The molecule has 1 aliphatic carbocycles. The van der Waals surface area contributed by atoms with Crippen LogP contribution in [0.4, 0.5) is 17.1 Å². The Morgan fingerprint density at radius 2 is 1.69 bits per heavy atom. The van der Waals surface area contributed by atoms with Crippen molar-refractivity contribution in [1.29, 1.82) is 0 Å². The molecule has 1 aliphatic rings. The lowest BCUT2D eigenvalue weighted by atomic mass is 9.95. The standard InChI is InChI=1S/C25H27N3O4/c1-32-20-9-5-8-19(14-20)28-25(31)17-12-10-16(11-13-17)15-26-21-22(24(30)23(21)29)27-18-6-3-2-4-7-18/h5,8-14,18,26-27H,2-4,6-7,15H2,1H3,(H,28,31). The first-order valence-electron chi connectivity index (χ1n) is 10.9. The largest absolute Gasteiger partial charge is 0.497 e. The van der Waals surface area contributed by atoms with Crippen molar-refractivity contribution in [2.75, 3.05) is 23.1 Å². The summed E-state index contributed by atoms with van der Waals surface area (Å²) < 4.78 is 5.17. The van der Waals surface area contributed by atoms with E-state index in [-0.39, 0.29) is 11.9 Å². The zero-order chi connectivity index (χ0) is 22.5. The van der Waals surface area contributed by atoms with Crippen molar-refractivity contribution >= 4 is 23.0 Å². The molecular formula is C25H27N3O4. The molecule has 3 aromatic rings. The van der Waals surface area contributed by atoms with Gasteiger partial charge in [-0.3, -0.25) is 14.4 Å². The topological polar surface area (TPSA) is 96.5 Å². The van der Waals surface area contributed by atoms with Crippen molar-refractivity contribution in [1.82, 2.24) is 0 Å². The van der Waals surface area contributed by atoms with Gasteiger partial charge in [-0.15, -0.1) is 0 Å². The first-order valence-corrected chi connectivity index (χ1v) is 10.9. The van der Waals surface area contributed by atoms with E-state index in [9.17, 15) is 14.4 Å². The van der Waals surface area contributed by atoms with Crippen LogP contribution >= 0.6 is 0 Å². The van der Waals surface area contributed by atoms with Crippen LogP contribution in [0.15, 0.2) is 58.1 Å². The second-order valence-electron chi connectivity index (χ2n) is 8.12. The molecule has 0 aromatic heterocycles. The van der Waals surface area contributed by atoms with Crippen LogP contribution in [0.25, 0.3) is 0 Å². The highest BCUT2D eigenvalue weighted by Crippen LogP contribution is 2.24. The molecule has 0 aliphatic heterocycles. The maximum atomic E-state index is 12.5. The minimum atomic E-state index is -0.474. The van der Waals surface area contributed by atoms with Crippen LogP contribution in [0.3, 0.4) is 0 Å². The molecule has 1 fully saturated rings. The third-order valence-electron chi connectivity index (χ3n) is 5.88. The molecule has 4 rings (SSSR count). The highest BCUT2D eigenvalue weighted by Gasteiger charge is 2.24. The van der Waals surface area contributed by atoms with E-state index in [0.29, 0.717) is 34.9 Å². The van der Waals surface area contributed by atoms with Crippen molar-refractivity contribution in [2.45, 2.75) is 44.7 Å². The third-order valence-corrected chi connectivity index (χ3v) is 5.88. The molecule has 166 valence electrons. The van der Waals surface area contributed by atoms with E-state index >= 15 is 0 Å². The predicted octanol–water partition coefficient (Wildman–Crippen LogP) is 3.90. The Kier molecular flexibility index (Phi) is 6.54. The van der Waals surface area contributed by atoms with Crippen LogP contribution in [0, 0.1) is 0 Å². The van der Waals surface area contributed by atoms with Crippen molar-refractivity contribution < 1.29 is 9.53 Å². The molecule has 32 heavy (non-hydrogen) atoms. The number of nitrogens with one attached hydrogen (secondary N) is 3. The fraction of sp³-hybridized carbons (Fsp3) is 0.320. The molecule has 0 radical (unpaired) electrons. The summed E-state index contributed by atoms with van der Waals surface area (Å²) in [5.41, 5.74) is 1.93. The lowest BCUT2D eigenvalue weighted by Crippen LogP contribution is -2.40. The monoisotopic (exact) mass is 433 g/mol. The molecule has 3 N–H and O–H groups in total. The summed E-state index contributed by atoms with van der Waals surface area (Å²) in [6.07, 6.45) is 5.57. The van der Waals surface area contributed by atoms with Gasteiger partial charge in [0, 0.05) is 29.9 Å². The summed E-state index contributed by atoms with van der Waals surface area (Å²) in [6, 6.07) is 14.5. The van der Waals surface area contributed by atoms with Crippen LogP contribution in [0.1, 0.15) is 48.0 Å². The van der Waals surface area contributed by atoms with Gasteiger partial charge in [0.05, 0.1) is 7.11 Å². The van der Waals surface area contributed by atoms with Gasteiger partial charge in [-0.05, 0) is 42.7 Å². The number of hydrogen-bond acceptors (Lipinski definition) is 6. The minimum Gasteiger partial charge on any atom is -0.497 e. The Morgan fingerprint density at radius 3 is 2.41 bits per heavy atom. The highest BCUT2D eigenvalue weighted by molar-refractivity contribution is 6.04. The van der Waals surface area contributed by atoms with Gasteiger partial charge in [0.1, 0.15) is 17.1 Å². The minimum absolute atomic E-state index is 0.223. The number of amides is 1. The zero-order valence-electron chi connectivity index (χ0n) is 18.1. The van der Waals surface area contributed by atoms with Gasteiger partial charge in [-0.1, -0.05) is 37.5 Å². The Labute approximate surface area is 186 Å². The van der Waals surface area contributed by atoms with Gasteiger partial charge in [-0.25, -0.2) is 0 Å². The van der Waals surface area contributed by atoms with Gasteiger partial charge < -0.3 is 20.7 Å². The van der Waals surface area contributed by atoms with Gasteiger partial charge in [0.2, 0.25) is 0 Å². The number of ether oxygens (including phenoxy) is 1. The summed E-state index contributed by atoms with van der Waals surface area (Å²) in [6.45, 7) is 0.391. The molecule has 7 nitrogen and oxygen atoms in total. The van der Waals surface area contributed by atoms with Gasteiger partial charge in [0.25, 0.3) is 16.8 Å². The first-order chi connectivity index (χ1) is 15.5. The lowest BCUT2D eigenvalue weighted by molar-refractivity contribution is 0.102. The molecule has 0 heterocycles. The summed E-state index contributed by atoms with van der Waals surface area (Å²) >= 11 is 0. The van der Waals surface area contributed by atoms with Crippen LogP contribution in [-0.2, 0) is 6.54 Å². The Bertz CT molecular complexity index is 1160. The SMILES string of the molecule is COc1cccc(NC(=O)c2ccc(CNc3c(NC4CCCCC4)c(=O)c3=O)cc2)c1. The van der Waals surface area contributed by atoms with E-state index in [1.54, 1.807) is 31.4 Å². The van der Waals surface area contributed by atoms with Gasteiger partial charge in [0.15, 0.2) is 0 Å². The molecule has 0 saturated heterocycles. The highest BCUT2D eigenvalue weighted by atomic mass is 16.5. The molecule has 0 spiro atoms. The smallest absolute Gasteiger partial charge is 0.255 e. The van der Waals surface area contributed by atoms with E-state index in [2.05, 4.69) is 16.0 Å². The fourth-order valence-electron chi connectivity index (χ4n) is 4.02. The van der Waals surface area contributed by atoms with Gasteiger partial charge in [-0.2, -0.15) is 0 Å². The lowest BCUT2D eigenvalue weighted by Gasteiger charge is -2.25. The molecule has 0 atom stereocenters. The molecule has 0 unspecified atom stereocenters. The Balaban J connectivity index is 1.35. The maximum absolute atomic E-state index is 12.5. The summed E-state index contributed by atoms with van der Waals surface area (Å²) in [7, 11) is 1.58. The molecule has 3 aromatic carbocycles. The van der Waals surface area contributed by atoms with E-state index in [0.717, 1.165) is 31.2 Å². The molecular weight excluding hydrogens is 406 g/mol. The fourth-order valence-corrected chi connectivity index (χ4v) is 4.02. The number of anilines is 3. The predicted molar refractivity (Wildman–Crippen MR) is 127 cm³/mol. The number of benzene rings is 2. The molecule has 7 heteroatoms. The van der Waals surface area contributed by atoms with Crippen molar-refractivity contribution in [3.63, 3.8) is 0 Å². The van der Waals surface area contributed by atoms with E-state index in [1.807, 2.05) is 24.3 Å². The van der Waals surface area contributed by atoms with Crippen molar-refractivity contribution in [3.05, 3.63) is 80.1 Å². The number of methoxy groups -OCH3 is 1. The number of rotatable bonds is 8. The molecule has 1 saturated carbocycles. The Morgan fingerprint density at radius 1 is 0.969 bits per heavy atom. The Hall–Kier alpha value is -3.61. The van der Waals surface area contributed by atoms with Crippen molar-refractivity contribution in [2.24, 2.45) is 0 Å². The normalized spacial score (nSPS) is 14.2. The second kappa shape index (κ2) is 9.68. The maximum Gasteiger partial charge on any atom is 0.255 e. The molecule has 0 bridgehead atoms. The van der Waals surface area contributed by atoms with Crippen LogP contribution in [-0.4, -0.2) is 19.1 Å².